The number of ketones is 1. The highest BCUT2D eigenvalue weighted by Gasteiger charge is 2.39. The summed E-state index contributed by atoms with van der Waals surface area (Å²) in [7, 11) is 1.68. The van der Waals surface area contributed by atoms with Crippen molar-refractivity contribution in [3.8, 4) is 0 Å². The van der Waals surface area contributed by atoms with Gasteiger partial charge in [0.15, 0.2) is 5.78 Å². The number of nitrogens with one attached hydrogen (secondary N) is 1. The Kier molecular flexibility index (Phi) is 2.90. The number of ether oxygens (including phenoxy) is 1. The van der Waals surface area contributed by atoms with Gasteiger partial charge in [0.1, 0.15) is 0 Å². The second-order valence-corrected chi connectivity index (χ2v) is 5.44. The van der Waals surface area contributed by atoms with Gasteiger partial charge in [-0.3, -0.25) is 9.59 Å². The fraction of sp³-hybridized carbons (Fsp3) is 0.467. The summed E-state index contributed by atoms with van der Waals surface area (Å²) in [4.78, 5) is 23.6. The highest BCUT2D eigenvalue weighted by Crippen LogP contribution is 2.39. The van der Waals surface area contributed by atoms with E-state index in [9.17, 15) is 9.59 Å². The standard InChI is InChI=1S/C15H17NO3/c1-19-15(5-2-6-15)9-13(17)10-3-4-12-11(7-10)8-14(18)16-12/h3-4,7H,2,5-6,8-9H2,1H3,(H,16,18). The SMILES string of the molecule is COC1(CC(=O)c2ccc3c(c2)CC(=O)N3)CCC1. The number of rotatable bonds is 4. The highest BCUT2D eigenvalue weighted by molar-refractivity contribution is 6.02. The minimum absolute atomic E-state index is 0.00745. The number of carbonyl (C=O) groups excluding carboxylic acids is 2. The quantitative estimate of drug-likeness (QED) is 0.844. The van der Waals surface area contributed by atoms with Crippen molar-refractivity contribution in [2.75, 3.05) is 12.4 Å². The largest absolute Gasteiger partial charge is 0.378 e. The van der Waals surface area contributed by atoms with E-state index in [0.29, 0.717) is 18.4 Å². The van der Waals surface area contributed by atoms with Gasteiger partial charge in [-0.2, -0.15) is 0 Å². The lowest BCUT2D eigenvalue weighted by atomic mass is 9.75. The Bertz CT molecular complexity index is 541. The molecule has 1 aliphatic heterocycles. The number of carbonyl (C=O) groups is 2. The van der Waals surface area contributed by atoms with E-state index in [0.717, 1.165) is 30.5 Å². The molecule has 1 fully saturated rings. The van der Waals surface area contributed by atoms with Crippen molar-refractivity contribution < 1.29 is 14.3 Å². The van der Waals surface area contributed by atoms with Crippen molar-refractivity contribution in [2.24, 2.45) is 0 Å². The van der Waals surface area contributed by atoms with Crippen molar-refractivity contribution in [2.45, 2.75) is 37.7 Å². The number of Topliss-reactive ketones (excluding diaryl/α,β-unsaturated/α-hetero) is 1. The first kappa shape index (κ1) is 12.4. The summed E-state index contributed by atoms with van der Waals surface area (Å²) in [6.45, 7) is 0. The molecule has 0 aromatic heterocycles. The molecule has 3 rings (SSSR count). The van der Waals surface area contributed by atoms with E-state index in [1.54, 1.807) is 13.2 Å². The van der Waals surface area contributed by atoms with Crippen molar-refractivity contribution in [3.63, 3.8) is 0 Å². The van der Waals surface area contributed by atoms with Crippen LogP contribution in [-0.4, -0.2) is 24.4 Å². The minimum Gasteiger partial charge on any atom is -0.378 e. The third-order valence-electron chi connectivity index (χ3n) is 4.23. The predicted octanol–water partition coefficient (Wildman–Crippen LogP) is 2.32. The number of methoxy groups -OCH3 is 1. The Hall–Kier alpha value is -1.68. The van der Waals surface area contributed by atoms with E-state index < -0.39 is 0 Å². The maximum absolute atomic E-state index is 12.3. The van der Waals surface area contributed by atoms with E-state index in [1.165, 1.54) is 0 Å². The van der Waals surface area contributed by atoms with Crippen LogP contribution in [0.25, 0.3) is 0 Å². The molecule has 1 saturated carbocycles. The minimum atomic E-state index is -0.246. The molecule has 4 nitrogen and oxygen atoms in total. The molecule has 0 unspecified atom stereocenters. The second kappa shape index (κ2) is 4.46. The van der Waals surface area contributed by atoms with Crippen molar-refractivity contribution in [1.29, 1.82) is 0 Å². The van der Waals surface area contributed by atoms with Crippen LogP contribution in [0.5, 0.6) is 0 Å². The van der Waals surface area contributed by atoms with Gasteiger partial charge in [-0.1, -0.05) is 0 Å². The molecule has 19 heavy (non-hydrogen) atoms. The van der Waals surface area contributed by atoms with Gasteiger partial charge in [-0.15, -0.1) is 0 Å². The number of anilines is 1. The van der Waals surface area contributed by atoms with Crippen molar-refractivity contribution >= 4 is 17.4 Å². The summed E-state index contributed by atoms with van der Waals surface area (Å²) in [5.74, 6) is 0.0932. The lowest BCUT2D eigenvalue weighted by Crippen LogP contribution is -2.41. The maximum atomic E-state index is 12.3. The Morgan fingerprint density at radius 2 is 2.21 bits per heavy atom. The molecule has 0 saturated heterocycles. The average molecular weight is 259 g/mol. The molecular formula is C15H17NO3. The average Bonchev–Trinajstić information content (AvgIpc) is 2.72. The molecule has 1 aliphatic carbocycles. The zero-order chi connectivity index (χ0) is 13.5. The van der Waals surface area contributed by atoms with Crippen LogP contribution >= 0.6 is 0 Å². The molecule has 1 amide bonds. The summed E-state index contributed by atoms with van der Waals surface area (Å²) in [6.07, 6.45) is 3.85. The van der Waals surface area contributed by atoms with E-state index in [-0.39, 0.29) is 17.3 Å². The molecule has 2 aliphatic rings. The number of amides is 1. The van der Waals surface area contributed by atoms with Gasteiger partial charge in [0.25, 0.3) is 0 Å². The van der Waals surface area contributed by atoms with Gasteiger partial charge in [0.05, 0.1) is 12.0 Å². The topological polar surface area (TPSA) is 55.4 Å². The van der Waals surface area contributed by atoms with Crippen LogP contribution in [0.4, 0.5) is 5.69 Å². The highest BCUT2D eigenvalue weighted by atomic mass is 16.5. The monoisotopic (exact) mass is 259 g/mol. The zero-order valence-corrected chi connectivity index (χ0v) is 11.0. The normalized spacial score (nSPS) is 19.5. The number of hydrogen-bond acceptors (Lipinski definition) is 3. The second-order valence-electron chi connectivity index (χ2n) is 5.44. The summed E-state index contributed by atoms with van der Waals surface area (Å²) in [5, 5.41) is 2.77. The first-order chi connectivity index (χ1) is 9.12. The van der Waals surface area contributed by atoms with Crippen LogP contribution in [0.2, 0.25) is 0 Å². The first-order valence-electron chi connectivity index (χ1n) is 6.63. The van der Waals surface area contributed by atoms with E-state index >= 15 is 0 Å². The smallest absolute Gasteiger partial charge is 0.228 e. The Balaban J connectivity index is 1.77. The Labute approximate surface area is 112 Å². The Morgan fingerprint density at radius 1 is 1.42 bits per heavy atom. The zero-order valence-electron chi connectivity index (χ0n) is 11.0. The predicted molar refractivity (Wildman–Crippen MR) is 71.3 cm³/mol. The Morgan fingerprint density at radius 3 is 2.84 bits per heavy atom. The summed E-state index contributed by atoms with van der Waals surface area (Å²) in [5.41, 5.74) is 2.17. The van der Waals surface area contributed by atoms with Crippen LogP contribution < -0.4 is 5.32 Å². The van der Waals surface area contributed by atoms with Gasteiger partial charge in [0.2, 0.25) is 5.91 Å². The number of hydrogen-bond donors (Lipinski definition) is 1. The third kappa shape index (κ3) is 2.16. The molecule has 0 bridgehead atoms. The van der Waals surface area contributed by atoms with E-state index in [1.807, 2.05) is 12.1 Å². The molecule has 1 heterocycles. The molecule has 1 aromatic rings. The summed E-state index contributed by atoms with van der Waals surface area (Å²) in [6, 6.07) is 5.43. The lowest BCUT2D eigenvalue weighted by Gasteiger charge is -2.40. The van der Waals surface area contributed by atoms with Gasteiger partial charge < -0.3 is 10.1 Å². The fourth-order valence-corrected chi connectivity index (χ4v) is 2.82. The third-order valence-corrected chi connectivity index (χ3v) is 4.23. The molecule has 1 N–H and O–H groups in total. The van der Waals surface area contributed by atoms with Crippen molar-refractivity contribution in [3.05, 3.63) is 29.3 Å². The molecular weight excluding hydrogens is 242 g/mol. The fourth-order valence-electron chi connectivity index (χ4n) is 2.82. The van der Waals surface area contributed by atoms with Crippen LogP contribution in [0.15, 0.2) is 18.2 Å². The number of fused-ring (bicyclic) bond motifs is 1. The van der Waals surface area contributed by atoms with Gasteiger partial charge in [0, 0.05) is 24.8 Å². The van der Waals surface area contributed by atoms with Crippen LogP contribution in [0.1, 0.15) is 41.6 Å². The number of benzene rings is 1. The van der Waals surface area contributed by atoms with Gasteiger partial charge >= 0.3 is 0 Å². The van der Waals surface area contributed by atoms with E-state index in [4.69, 9.17) is 4.74 Å². The molecule has 4 heteroatoms. The van der Waals surface area contributed by atoms with Crippen LogP contribution in [-0.2, 0) is 16.0 Å². The van der Waals surface area contributed by atoms with E-state index in [2.05, 4.69) is 5.32 Å². The summed E-state index contributed by atoms with van der Waals surface area (Å²) < 4.78 is 5.49. The van der Waals surface area contributed by atoms with Crippen LogP contribution in [0.3, 0.4) is 0 Å². The van der Waals surface area contributed by atoms with Gasteiger partial charge in [-0.25, -0.2) is 0 Å². The molecule has 0 atom stereocenters. The van der Waals surface area contributed by atoms with Crippen molar-refractivity contribution in [1.82, 2.24) is 0 Å². The molecule has 0 spiro atoms. The summed E-state index contributed by atoms with van der Waals surface area (Å²) >= 11 is 0. The molecule has 0 radical (unpaired) electrons. The maximum Gasteiger partial charge on any atom is 0.228 e. The first-order valence-corrected chi connectivity index (χ1v) is 6.63. The molecule has 100 valence electrons. The lowest BCUT2D eigenvalue weighted by molar-refractivity contribution is -0.115. The molecule has 1 aromatic carbocycles. The van der Waals surface area contributed by atoms with Gasteiger partial charge in [-0.05, 0) is 43.0 Å². The van der Waals surface area contributed by atoms with Crippen LogP contribution in [0, 0.1) is 0 Å².